The summed E-state index contributed by atoms with van der Waals surface area (Å²) in [5, 5.41) is 2.34. The summed E-state index contributed by atoms with van der Waals surface area (Å²) in [6.45, 7) is 4.68. The van der Waals surface area contributed by atoms with E-state index in [1.165, 1.54) is 28.6 Å². The molecule has 1 aromatic rings. The number of morpholine rings is 1. The topological polar surface area (TPSA) is 160 Å². The first-order valence-electron chi connectivity index (χ1n) is 9.51. The molecule has 2 atom stereocenters. The zero-order valence-electron chi connectivity index (χ0n) is 16.9. The highest BCUT2D eigenvalue weighted by atomic mass is 32.2. The lowest BCUT2D eigenvalue weighted by Gasteiger charge is -2.26. The summed E-state index contributed by atoms with van der Waals surface area (Å²) in [5.41, 5.74) is 9.62. The molecule has 0 aromatic heterocycles. The van der Waals surface area contributed by atoms with Crippen molar-refractivity contribution in [1.82, 2.24) is 20.5 Å². The lowest BCUT2D eigenvalue weighted by Crippen LogP contribution is -2.55. The van der Waals surface area contributed by atoms with Gasteiger partial charge in [0.15, 0.2) is 0 Å². The van der Waals surface area contributed by atoms with Crippen molar-refractivity contribution < 1.29 is 27.5 Å². The Labute approximate surface area is 175 Å². The van der Waals surface area contributed by atoms with Crippen molar-refractivity contribution in [1.29, 1.82) is 0 Å². The Morgan fingerprint density at radius 3 is 2.47 bits per heavy atom. The third kappa shape index (κ3) is 5.90. The number of urea groups is 1. The molecule has 1 saturated heterocycles. The van der Waals surface area contributed by atoms with E-state index in [1.54, 1.807) is 6.92 Å². The van der Waals surface area contributed by atoms with Crippen LogP contribution in [0.3, 0.4) is 0 Å². The van der Waals surface area contributed by atoms with Crippen LogP contribution in [0, 0.1) is 5.92 Å². The standard InChI is InChI=1S/C18H27N5O6S/c1-3-12(2)15(20-18(19)26)17(25)22-21-16(24)13-5-4-6-14(11-13)30(27,28)23-7-9-29-10-8-23/h4-6,11-12,15H,3,7-10H2,1-2H3,(H,21,24)(H,22,25)(H3,19,20,26). The number of rotatable bonds is 7. The Bertz CT molecular complexity index is 885. The molecule has 11 nitrogen and oxygen atoms in total. The summed E-state index contributed by atoms with van der Waals surface area (Å²) in [4.78, 5) is 35.9. The van der Waals surface area contributed by atoms with Gasteiger partial charge in [-0.05, 0) is 24.1 Å². The first-order valence-corrected chi connectivity index (χ1v) is 10.9. The predicted octanol–water partition coefficient (Wildman–Crippen LogP) is -0.448. The largest absolute Gasteiger partial charge is 0.379 e. The van der Waals surface area contributed by atoms with E-state index < -0.39 is 33.9 Å². The Morgan fingerprint density at radius 2 is 1.87 bits per heavy atom. The van der Waals surface area contributed by atoms with E-state index in [4.69, 9.17) is 10.5 Å². The van der Waals surface area contributed by atoms with Crippen LogP contribution < -0.4 is 21.9 Å². The number of carbonyl (C=O) groups excluding carboxylic acids is 3. The van der Waals surface area contributed by atoms with Gasteiger partial charge in [0.2, 0.25) is 10.0 Å². The van der Waals surface area contributed by atoms with E-state index >= 15 is 0 Å². The maximum Gasteiger partial charge on any atom is 0.312 e. The van der Waals surface area contributed by atoms with Crippen LogP contribution in [0.4, 0.5) is 4.79 Å². The van der Waals surface area contributed by atoms with E-state index in [0.29, 0.717) is 19.6 Å². The minimum absolute atomic E-state index is 0.0312. The quantitative estimate of drug-likeness (QED) is 0.419. The van der Waals surface area contributed by atoms with Crippen molar-refractivity contribution in [3.63, 3.8) is 0 Å². The zero-order valence-corrected chi connectivity index (χ0v) is 17.7. The fourth-order valence-electron chi connectivity index (χ4n) is 2.86. The van der Waals surface area contributed by atoms with Crippen LogP contribution in [-0.4, -0.2) is 62.9 Å². The van der Waals surface area contributed by atoms with E-state index in [2.05, 4.69) is 16.2 Å². The van der Waals surface area contributed by atoms with Gasteiger partial charge in [0.1, 0.15) is 6.04 Å². The maximum absolute atomic E-state index is 12.7. The fourth-order valence-corrected chi connectivity index (χ4v) is 4.31. The van der Waals surface area contributed by atoms with Gasteiger partial charge in [0.05, 0.1) is 18.1 Å². The number of carbonyl (C=O) groups is 3. The Kier molecular flexibility index (Phi) is 8.15. The molecule has 0 aliphatic carbocycles. The van der Waals surface area contributed by atoms with Crippen molar-refractivity contribution in [2.75, 3.05) is 26.3 Å². The number of nitrogens with one attached hydrogen (secondary N) is 3. The Hall–Kier alpha value is -2.70. The molecule has 5 N–H and O–H groups in total. The van der Waals surface area contributed by atoms with Crippen molar-refractivity contribution in [3.05, 3.63) is 29.8 Å². The minimum Gasteiger partial charge on any atom is -0.379 e. The molecule has 2 rings (SSSR count). The van der Waals surface area contributed by atoms with Crippen molar-refractivity contribution in [2.45, 2.75) is 31.2 Å². The molecular formula is C18H27N5O6S. The number of benzene rings is 1. The summed E-state index contributed by atoms with van der Waals surface area (Å²) in [6, 6.07) is 3.72. The highest BCUT2D eigenvalue weighted by molar-refractivity contribution is 7.89. The average molecular weight is 442 g/mol. The predicted molar refractivity (Wildman–Crippen MR) is 108 cm³/mol. The third-order valence-electron chi connectivity index (χ3n) is 4.80. The summed E-state index contributed by atoms with van der Waals surface area (Å²) in [7, 11) is -3.77. The normalized spacial score (nSPS) is 16.9. The summed E-state index contributed by atoms with van der Waals surface area (Å²) >= 11 is 0. The van der Waals surface area contributed by atoms with Crippen LogP contribution >= 0.6 is 0 Å². The number of nitrogens with two attached hydrogens (primary N) is 1. The minimum atomic E-state index is -3.77. The summed E-state index contributed by atoms with van der Waals surface area (Å²) in [6.07, 6.45) is 0.591. The molecule has 4 amide bonds. The van der Waals surface area contributed by atoms with E-state index in [9.17, 15) is 22.8 Å². The molecule has 1 heterocycles. The molecule has 2 unspecified atom stereocenters. The maximum atomic E-state index is 12.7. The molecule has 1 aromatic carbocycles. The van der Waals surface area contributed by atoms with Gasteiger partial charge < -0.3 is 15.8 Å². The number of nitrogens with zero attached hydrogens (tertiary/aromatic N) is 1. The van der Waals surface area contributed by atoms with Gasteiger partial charge in [-0.15, -0.1) is 0 Å². The smallest absolute Gasteiger partial charge is 0.312 e. The molecule has 0 spiro atoms. The van der Waals surface area contributed by atoms with E-state index in [1.807, 2.05) is 6.92 Å². The molecule has 0 radical (unpaired) electrons. The van der Waals surface area contributed by atoms with Crippen LogP contribution in [0.15, 0.2) is 29.2 Å². The summed E-state index contributed by atoms with van der Waals surface area (Å²) in [5.74, 6) is -1.57. The molecule has 0 bridgehead atoms. The number of hydrazine groups is 1. The number of amides is 4. The monoisotopic (exact) mass is 441 g/mol. The number of hydrogen-bond acceptors (Lipinski definition) is 6. The van der Waals surface area contributed by atoms with Gasteiger partial charge in [-0.25, -0.2) is 13.2 Å². The van der Waals surface area contributed by atoms with Crippen LogP contribution in [0.2, 0.25) is 0 Å². The highest BCUT2D eigenvalue weighted by Gasteiger charge is 2.28. The molecule has 12 heteroatoms. The Morgan fingerprint density at radius 1 is 1.20 bits per heavy atom. The van der Waals surface area contributed by atoms with Gasteiger partial charge in [-0.2, -0.15) is 4.31 Å². The molecule has 1 aliphatic rings. The molecule has 1 aliphatic heterocycles. The van der Waals surface area contributed by atoms with Gasteiger partial charge in [-0.1, -0.05) is 26.3 Å². The molecular weight excluding hydrogens is 414 g/mol. The lowest BCUT2D eigenvalue weighted by atomic mass is 9.99. The number of sulfonamides is 1. The molecule has 30 heavy (non-hydrogen) atoms. The lowest BCUT2D eigenvalue weighted by molar-refractivity contribution is -0.124. The van der Waals surface area contributed by atoms with Crippen LogP contribution in [-0.2, 0) is 19.6 Å². The van der Waals surface area contributed by atoms with Gasteiger partial charge in [0, 0.05) is 18.7 Å². The molecule has 166 valence electrons. The molecule has 0 saturated carbocycles. The van der Waals surface area contributed by atoms with Crippen molar-refractivity contribution in [3.8, 4) is 0 Å². The van der Waals surface area contributed by atoms with Crippen LogP contribution in [0.5, 0.6) is 0 Å². The average Bonchev–Trinajstić information content (AvgIpc) is 2.75. The second-order valence-electron chi connectivity index (χ2n) is 6.86. The van der Waals surface area contributed by atoms with Crippen molar-refractivity contribution in [2.24, 2.45) is 11.7 Å². The first-order chi connectivity index (χ1) is 14.2. The van der Waals surface area contributed by atoms with Crippen LogP contribution in [0.1, 0.15) is 30.6 Å². The van der Waals surface area contributed by atoms with Crippen LogP contribution in [0.25, 0.3) is 0 Å². The first kappa shape index (κ1) is 23.6. The summed E-state index contributed by atoms with van der Waals surface area (Å²) < 4.78 is 32.0. The molecule has 1 fully saturated rings. The van der Waals surface area contributed by atoms with Gasteiger partial charge in [0.25, 0.3) is 11.8 Å². The Balaban J connectivity index is 2.08. The second-order valence-corrected chi connectivity index (χ2v) is 8.80. The SMILES string of the molecule is CCC(C)C(NC(N)=O)C(=O)NNC(=O)c1cccc(S(=O)(=O)N2CCOCC2)c1. The van der Waals surface area contributed by atoms with Crippen molar-refractivity contribution >= 4 is 27.9 Å². The van der Waals surface area contributed by atoms with E-state index in [0.717, 1.165) is 0 Å². The number of primary amides is 1. The second kappa shape index (κ2) is 10.4. The van der Waals surface area contributed by atoms with Gasteiger partial charge in [-0.3, -0.25) is 20.4 Å². The van der Waals surface area contributed by atoms with Gasteiger partial charge >= 0.3 is 6.03 Å². The zero-order chi connectivity index (χ0) is 22.3. The third-order valence-corrected chi connectivity index (χ3v) is 6.69. The van der Waals surface area contributed by atoms with E-state index in [-0.39, 0.29) is 29.5 Å². The number of ether oxygens (including phenoxy) is 1. The number of hydrogen-bond donors (Lipinski definition) is 4. The highest BCUT2D eigenvalue weighted by Crippen LogP contribution is 2.18. The fraction of sp³-hybridized carbons (Fsp3) is 0.500.